The van der Waals surface area contributed by atoms with Crippen LogP contribution < -0.4 is 0 Å². The van der Waals surface area contributed by atoms with E-state index in [-0.39, 0.29) is 12.8 Å². The summed E-state index contributed by atoms with van der Waals surface area (Å²) in [7, 11) is 0. The van der Waals surface area contributed by atoms with Crippen LogP contribution in [0.4, 0.5) is 0 Å². The van der Waals surface area contributed by atoms with Crippen LogP contribution in [0, 0.1) is 0 Å². The van der Waals surface area contributed by atoms with E-state index in [1.54, 1.807) is 0 Å². The predicted molar refractivity (Wildman–Crippen MR) is 68.2 cm³/mol. The average molecular weight is 262 g/mol. The van der Waals surface area contributed by atoms with Crippen LogP contribution in [0.3, 0.4) is 0 Å². The Kier molecular flexibility index (Phi) is 7.84. The van der Waals surface area contributed by atoms with Crippen molar-refractivity contribution in [2.75, 3.05) is 0 Å². The predicted octanol–water partition coefficient (Wildman–Crippen LogP) is 2.24. The topological polar surface area (TPSA) is 74.6 Å². The van der Waals surface area contributed by atoms with E-state index < -0.39 is 11.9 Å². The summed E-state index contributed by atoms with van der Waals surface area (Å²) in [4.78, 5) is 21.6. The Morgan fingerprint density at radius 2 is 1.12 bits per heavy atom. The van der Waals surface area contributed by atoms with Crippen molar-refractivity contribution in [2.24, 2.45) is 0 Å². The van der Waals surface area contributed by atoms with Crippen LogP contribution in [0.1, 0.15) is 38.5 Å². The third-order valence-electron chi connectivity index (χ3n) is 1.86. The SMILES string of the molecule is O=C(O)CC(=S)CCCCC(=S)CC(=O)O. The van der Waals surface area contributed by atoms with Gasteiger partial charge in [0.1, 0.15) is 0 Å². The van der Waals surface area contributed by atoms with Gasteiger partial charge >= 0.3 is 11.9 Å². The molecule has 0 bridgehead atoms. The summed E-state index contributed by atoms with van der Waals surface area (Å²) in [6.07, 6.45) is 2.52. The van der Waals surface area contributed by atoms with E-state index in [1.807, 2.05) is 0 Å². The smallest absolute Gasteiger partial charge is 0.308 e. The van der Waals surface area contributed by atoms with Crippen LogP contribution in [0.2, 0.25) is 0 Å². The molecule has 0 aliphatic heterocycles. The molecule has 0 rings (SSSR count). The molecular weight excluding hydrogens is 248 g/mol. The van der Waals surface area contributed by atoms with Crippen LogP contribution in [-0.2, 0) is 9.59 Å². The lowest BCUT2D eigenvalue weighted by atomic mass is 10.1. The number of carboxylic acid groups (broad SMARTS) is 2. The molecule has 0 atom stereocenters. The van der Waals surface area contributed by atoms with Gasteiger partial charge in [-0.2, -0.15) is 0 Å². The van der Waals surface area contributed by atoms with E-state index in [2.05, 4.69) is 0 Å². The summed E-state index contributed by atoms with van der Waals surface area (Å²) in [6, 6.07) is 0. The Hall–Kier alpha value is -0.880. The van der Waals surface area contributed by atoms with Gasteiger partial charge in [-0.1, -0.05) is 24.4 Å². The van der Waals surface area contributed by atoms with Crippen molar-refractivity contribution in [3.8, 4) is 0 Å². The van der Waals surface area contributed by atoms with Gasteiger partial charge in [0.15, 0.2) is 0 Å². The zero-order valence-corrected chi connectivity index (χ0v) is 10.4. The molecule has 0 amide bonds. The minimum Gasteiger partial charge on any atom is -0.481 e. The van der Waals surface area contributed by atoms with E-state index in [0.29, 0.717) is 22.6 Å². The second kappa shape index (κ2) is 8.29. The lowest BCUT2D eigenvalue weighted by Crippen LogP contribution is -2.06. The highest BCUT2D eigenvalue weighted by molar-refractivity contribution is 7.80. The van der Waals surface area contributed by atoms with E-state index in [4.69, 9.17) is 34.6 Å². The molecule has 0 fully saturated rings. The van der Waals surface area contributed by atoms with E-state index >= 15 is 0 Å². The molecule has 16 heavy (non-hydrogen) atoms. The van der Waals surface area contributed by atoms with Gasteiger partial charge in [-0.15, -0.1) is 0 Å². The number of unbranched alkanes of at least 4 members (excludes halogenated alkanes) is 1. The molecule has 0 aromatic carbocycles. The highest BCUT2D eigenvalue weighted by Gasteiger charge is 2.05. The van der Waals surface area contributed by atoms with Crippen molar-refractivity contribution in [1.29, 1.82) is 0 Å². The lowest BCUT2D eigenvalue weighted by Gasteiger charge is -2.02. The number of carbonyl (C=O) groups is 2. The van der Waals surface area contributed by atoms with Crippen molar-refractivity contribution in [2.45, 2.75) is 38.5 Å². The molecule has 0 spiro atoms. The summed E-state index contributed by atoms with van der Waals surface area (Å²) < 4.78 is 0. The molecule has 0 heterocycles. The van der Waals surface area contributed by atoms with Crippen LogP contribution in [0.5, 0.6) is 0 Å². The molecule has 4 nitrogen and oxygen atoms in total. The van der Waals surface area contributed by atoms with E-state index in [0.717, 1.165) is 12.8 Å². The third-order valence-corrected chi connectivity index (χ3v) is 2.55. The lowest BCUT2D eigenvalue weighted by molar-refractivity contribution is -0.136. The fourth-order valence-electron chi connectivity index (χ4n) is 1.16. The first-order valence-electron chi connectivity index (χ1n) is 4.89. The molecule has 0 saturated heterocycles. The van der Waals surface area contributed by atoms with Crippen LogP contribution >= 0.6 is 24.4 Å². The van der Waals surface area contributed by atoms with E-state index in [1.165, 1.54) is 0 Å². The molecule has 0 aliphatic rings. The third kappa shape index (κ3) is 9.67. The van der Waals surface area contributed by atoms with Gasteiger partial charge in [-0.25, -0.2) is 0 Å². The van der Waals surface area contributed by atoms with Crippen molar-refractivity contribution < 1.29 is 19.8 Å². The second-order valence-electron chi connectivity index (χ2n) is 3.43. The molecule has 90 valence electrons. The fourth-order valence-corrected chi connectivity index (χ4v) is 1.69. The van der Waals surface area contributed by atoms with E-state index in [9.17, 15) is 9.59 Å². The molecule has 0 unspecified atom stereocenters. The van der Waals surface area contributed by atoms with Gasteiger partial charge in [0.05, 0.1) is 12.8 Å². The molecule has 0 aromatic rings. The minimum atomic E-state index is -0.911. The summed E-state index contributed by atoms with van der Waals surface area (Å²) in [6.45, 7) is 0. The number of rotatable bonds is 9. The number of hydrogen-bond acceptors (Lipinski definition) is 4. The van der Waals surface area contributed by atoms with Gasteiger partial charge in [-0.05, 0) is 25.7 Å². The van der Waals surface area contributed by atoms with Gasteiger partial charge < -0.3 is 10.2 Å². The maximum Gasteiger partial charge on any atom is 0.308 e. The summed E-state index contributed by atoms with van der Waals surface area (Å²) in [5.41, 5.74) is 0. The number of aliphatic carboxylic acids is 2. The van der Waals surface area contributed by atoms with Gasteiger partial charge in [-0.3, -0.25) is 9.59 Å². The zero-order valence-electron chi connectivity index (χ0n) is 8.77. The molecular formula is C10H14O4S2. The van der Waals surface area contributed by atoms with Crippen molar-refractivity contribution in [3.63, 3.8) is 0 Å². The van der Waals surface area contributed by atoms with Crippen LogP contribution in [0.25, 0.3) is 0 Å². The Morgan fingerprint density at radius 1 is 0.812 bits per heavy atom. The molecule has 0 aliphatic carbocycles. The Balaban J connectivity index is 3.53. The molecule has 0 radical (unpaired) electrons. The fraction of sp³-hybridized carbons (Fsp3) is 0.600. The average Bonchev–Trinajstić information content (AvgIpc) is 2.10. The monoisotopic (exact) mass is 262 g/mol. The Morgan fingerprint density at radius 3 is 1.38 bits per heavy atom. The largest absolute Gasteiger partial charge is 0.481 e. The van der Waals surface area contributed by atoms with Crippen molar-refractivity contribution in [3.05, 3.63) is 0 Å². The highest BCUT2D eigenvalue weighted by atomic mass is 32.1. The van der Waals surface area contributed by atoms with Crippen LogP contribution in [-0.4, -0.2) is 31.9 Å². The Bertz CT molecular complexity index is 269. The van der Waals surface area contributed by atoms with Crippen molar-refractivity contribution in [1.82, 2.24) is 0 Å². The first-order chi connectivity index (χ1) is 7.41. The maximum atomic E-state index is 10.3. The minimum absolute atomic E-state index is 0.0745. The number of carboxylic acids is 2. The molecule has 2 N–H and O–H groups in total. The maximum absolute atomic E-state index is 10.3. The highest BCUT2D eigenvalue weighted by Crippen LogP contribution is 2.07. The van der Waals surface area contributed by atoms with Crippen molar-refractivity contribution >= 4 is 46.1 Å². The van der Waals surface area contributed by atoms with Gasteiger partial charge in [0.2, 0.25) is 0 Å². The van der Waals surface area contributed by atoms with Gasteiger partial charge in [0, 0.05) is 9.73 Å². The zero-order chi connectivity index (χ0) is 12.6. The number of hydrogen-bond donors (Lipinski definition) is 2. The Labute approximate surface area is 105 Å². The van der Waals surface area contributed by atoms with Gasteiger partial charge in [0.25, 0.3) is 0 Å². The summed E-state index contributed by atoms with van der Waals surface area (Å²) >= 11 is 9.74. The number of thiocarbonyl (C=S) groups is 2. The second-order valence-corrected chi connectivity index (χ2v) is 4.58. The summed E-state index contributed by atoms with van der Waals surface area (Å²) in [5.74, 6) is -1.82. The normalized spacial score (nSPS) is 9.75. The standard InChI is InChI=1S/C10H14O4S2/c11-9(12)5-7(15)3-1-2-4-8(16)6-10(13)14/h1-6H2,(H,11,12)(H,13,14). The summed E-state index contributed by atoms with van der Waals surface area (Å²) in [5, 5.41) is 16.9. The molecule has 0 aromatic heterocycles. The molecule has 0 saturated carbocycles. The van der Waals surface area contributed by atoms with Crippen LogP contribution in [0.15, 0.2) is 0 Å². The first kappa shape index (κ1) is 15.1. The quantitative estimate of drug-likeness (QED) is 0.490. The molecule has 6 heteroatoms. The first-order valence-corrected chi connectivity index (χ1v) is 5.70.